The lowest BCUT2D eigenvalue weighted by Crippen LogP contribution is -2.05. The van der Waals surface area contributed by atoms with Crippen LogP contribution in [0.25, 0.3) is 0 Å². The minimum absolute atomic E-state index is 0.523. The molecular formula is C6H6F3NS2. The average molecular weight is 213 g/mol. The molecule has 0 saturated carbocycles. The minimum Gasteiger partial charge on any atom is -0.236 e. The first-order chi connectivity index (χ1) is 5.54. The zero-order valence-corrected chi connectivity index (χ0v) is 7.82. The Morgan fingerprint density at radius 3 is 2.67 bits per heavy atom. The van der Waals surface area contributed by atoms with Crippen molar-refractivity contribution in [3.63, 3.8) is 0 Å². The Balaban J connectivity index is 2.77. The molecule has 1 rings (SSSR count). The molecule has 0 atom stereocenters. The van der Waals surface area contributed by atoms with Gasteiger partial charge in [-0.2, -0.15) is 24.9 Å². The van der Waals surface area contributed by atoms with E-state index in [1.54, 1.807) is 0 Å². The summed E-state index contributed by atoms with van der Waals surface area (Å²) in [6.45, 7) is 0. The summed E-state index contributed by atoms with van der Waals surface area (Å²) in [6, 6.07) is 0. The van der Waals surface area contributed by atoms with Crippen LogP contribution >= 0.6 is 23.1 Å². The average Bonchev–Trinajstić information content (AvgIpc) is 2.35. The van der Waals surface area contributed by atoms with E-state index in [0.717, 1.165) is 16.7 Å². The fraction of sp³-hybridized carbons (Fsp3) is 0.500. The van der Waals surface area contributed by atoms with Gasteiger partial charge in [0, 0.05) is 11.1 Å². The van der Waals surface area contributed by atoms with Crippen molar-refractivity contribution in [2.45, 2.75) is 11.9 Å². The first kappa shape index (κ1) is 9.85. The topological polar surface area (TPSA) is 12.9 Å². The highest BCUT2D eigenvalue weighted by molar-refractivity contribution is 7.97. The number of hydrogen-bond donors (Lipinski definition) is 0. The summed E-state index contributed by atoms with van der Waals surface area (Å²) in [7, 11) is 0. The second kappa shape index (κ2) is 3.66. The maximum absolute atomic E-state index is 12.0. The van der Waals surface area contributed by atoms with E-state index < -0.39 is 11.9 Å². The molecule has 1 aromatic heterocycles. The van der Waals surface area contributed by atoms with Crippen molar-refractivity contribution in [2.24, 2.45) is 0 Å². The molecule has 0 aliphatic heterocycles. The Hall–Kier alpha value is -0.230. The molecule has 0 radical (unpaired) electrons. The van der Waals surface area contributed by atoms with Crippen LogP contribution in [0, 0.1) is 0 Å². The second-order valence-corrected chi connectivity index (χ2v) is 3.87. The summed E-state index contributed by atoms with van der Waals surface area (Å²) in [6.07, 6.45) is -2.47. The maximum Gasteiger partial charge on any atom is 0.434 e. The highest BCUT2D eigenvalue weighted by Gasteiger charge is 2.33. The monoisotopic (exact) mass is 213 g/mol. The van der Waals surface area contributed by atoms with Crippen LogP contribution in [0.2, 0.25) is 0 Å². The van der Waals surface area contributed by atoms with Crippen LogP contribution in [0.4, 0.5) is 13.2 Å². The molecule has 1 aromatic rings. The van der Waals surface area contributed by atoms with Gasteiger partial charge < -0.3 is 0 Å². The van der Waals surface area contributed by atoms with Crippen LogP contribution in [0.3, 0.4) is 0 Å². The molecule has 0 aliphatic carbocycles. The standard InChI is InChI=1S/C6H6F3NS2/c1-11-3-5-10-4(2-12-5)6(7,8)9/h2H,3H2,1H3. The van der Waals surface area contributed by atoms with Gasteiger partial charge in [0.2, 0.25) is 0 Å². The largest absolute Gasteiger partial charge is 0.434 e. The van der Waals surface area contributed by atoms with Gasteiger partial charge in [-0.15, -0.1) is 11.3 Å². The molecule has 0 saturated heterocycles. The number of aromatic nitrogens is 1. The SMILES string of the molecule is CSCc1nc(C(F)(F)F)cs1. The Labute approximate surface area is 76.0 Å². The number of thioether (sulfide) groups is 1. The summed E-state index contributed by atoms with van der Waals surface area (Å²) in [5.41, 5.74) is -0.781. The maximum atomic E-state index is 12.0. The molecule has 0 amide bonds. The van der Waals surface area contributed by atoms with Crippen molar-refractivity contribution in [2.75, 3.05) is 6.26 Å². The van der Waals surface area contributed by atoms with Crippen molar-refractivity contribution >= 4 is 23.1 Å². The lowest BCUT2D eigenvalue weighted by molar-refractivity contribution is -0.140. The fourth-order valence-corrected chi connectivity index (χ4v) is 2.15. The number of thiazole rings is 1. The third-order valence-corrected chi connectivity index (χ3v) is 2.70. The molecule has 0 N–H and O–H groups in total. The summed E-state index contributed by atoms with van der Waals surface area (Å²) >= 11 is 2.51. The van der Waals surface area contributed by atoms with Gasteiger partial charge in [0.25, 0.3) is 0 Å². The van der Waals surface area contributed by atoms with Gasteiger partial charge >= 0.3 is 6.18 Å². The zero-order valence-electron chi connectivity index (χ0n) is 6.18. The van der Waals surface area contributed by atoms with Crippen LogP contribution < -0.4 is 0 Å². The number of halogens is 3. The highest BCUT2D eigenvalue weighted by Crippen LogP contribution is 2.30. The molecule has 6 heteroatoms. The Morgan fingerprint density at radius 2 is 2.25 bits per heavy atom. The van der Waals surface area contributed by atoms with Gasteiger partial charge in [-0.1, -0.05) is 0 Å². The van der Waals surface area contributed by atoms with Crippen molar-refractivity contribution in [3.05, 3.63) is 16.1 Å². The van der Waals surface area contributed by atoms with Gasteiger partial charge in [-0.3, -0.25) is 0 Å². The number of rotatable bonds is 2. The molecule has 0 fully saturated rings. The second-order valence-electron chi connectivity index (χ2n) is 2.06. The number of nitrogens with zero attached hydrogens (tertiary/aromatic N) is 1. The quantitative estimate of drug-likeness (QED) is 0.749. The molecule has 0 bridgehead atoms. The van der Waals surface area contributed by atoms with E-state index in [4.69, 9.17) is 0 Å². The Kier molecular flexibility index (Phi) is 3.00. The van der Waals surface area contributed by atoms with Gasteiger partial charge in [0.1, 0.15) is 5.01 Å². The molecule has 1 nitrogen and oxygen atoms in total. The minimum atomic E-state index is -4.30. The van der Waals surface area contributed by atoms with Crippen molar-refractivity contribution in [3.8, 4) is 0 Å². The normalized spacial score (nSPS) is 12.0. The summed E-state index contributed by atoms with van der Waals surface area (Å²) in [4.78, 5) is 3.44. The van der Waals surface area contributed by atoms with Crippen molar-refractivity contribution in [1.82, 2.24) is 4.98 Å². The summed E-state index contributed by atoms with van der Waals surface area (Å²) in [5.74, 6) is 0.542. The molecule has 12 heavy (non-hydrogen) atoms. The van der Waals surface area contributed by atoms with E-state index in [-0.39, 0.29) is 0 Å². The molecule has 0 aliphatic rings. The van der Waals surface area contributed by atoms with Crippen molar-refractivity contribution in [1.29, 1.82) is 0 Å². The van der Waals surface area contributed by atoms with Crippen LogP contribution in [0.5, 0.6) is 0 Å². The molecule has 68 valence electrons. The van der Waals surface area contributed by atoms with E-state index >= 15 is 0 Å². The fourth-order valence-electron chi connectivity index (χ4n) is 0.631. The summed E-state index contributed by atoms with van der Waals surface area (Å²) in [5, 5.41) is 1.57. The van der Waals surface area contributed by atoms with Gasteiger partial charge in [-0.05, 0) is 6.26 Å². The lowest BCUT2D eigenvalue weighted by Gasteiger charge is -1.99. The van der Waals surface area contributed by atoms with E-state index in [2.05, 4.69) is 4.98 Å². The summed E-state index contributed by atoms with van der Waals surface area (Å²) < 4.78 is 35.9. The highest BCUT2D eigenvalue weighted by atomic mass is 32.2. The number of hydrogen-bond acceptors (Lipinski definition) is 3. The molecule has 0 unspecified atom stereocenters. The predicted molar refractivity (Wildman–Crippen MR) is 44.3 cm³/mol. The van der Waals surface area contributed by atoms with E-state index in [0.29, 0.717) is 10.8 Å². The molecule has 0 spiro atoms. The van der Waals surface area contributed by atoms with E-state index in [1.807, 2.05) is 6.26 Å². The van der Waals surface area contributed by atoms with Crippen LogP contribution in [-0.2, 0) is 11.9 Å². The third kappa shape index (κ3) is 2.38. The molecule has 1 heterocycles. The molecule has 0 aromatic carbocycles. The lowest BCUT2D eigenvalue weighted by atomic mass is 10.5. The third-order valence-electron chi connectivity index (χ3n) is 1.11. The molecular weight excluding hydrogens is 207 g/mol. The van der Waals surface area contributed by atoms with Gasteiger partial charge in [-0.25, -0.2) is 4.98 Å². The van der Waals surface area contributed by atoms with E-state index in [9.17, 15) is 13.2 Å². The van der Waals surface area contributed by atoms with Crippen molar-refractivity contribution < 1.29 is 13.2 Å². The van der Waals surface area contributed by atoms with Crippen LogP contribution in [-0.4, -0.2) is 11.2 Å². The Bertz CT molecular complexity index is 256. The first-order valence-corrected chi connectivity index (χ1v) is 5.32. The smallest absolute Gasteiger partial charge is 0.236 e. The van der Waals surface area contributed by atoms with Crippen LogP contribution in [0.15, 0.2) is 5.38 Å². The van der Waals surface area contributed by atoms with Crippen LogP contribution in [0.1, 0.15) is 10.7 Å². The Morgan fingerprint density at radius 1 is 1.58 bits per heavy atom. The van der Waals surface area contributed by atoms with E-state index in [1.165, 1.54) is 11.8 Å². The zero-order chi connectivity index (χ0) is 9.19. The predicted octanol–water partition coefficient (Wildman–Crippen LogP) is 3.02. The van der Waals surface area contributed by atoms with Gasteiger partial charge in [0.15, 0.2) is 5.69 Å². The first-order valence-electron chi connectivity index (χ1n) is 3.04. The van der Waals surface area contributed by atoms with Gasteiger partial charge in [0.05, 0.1) is 0 Å². The number of alkyl halides is 3.